The number of hydrogen-bond acceptors (Lipinski definition) is 3. The highest BCUT2D eigenvalue weighted by molar-refractivity contribution is 14.0. The van der Waals surface area contributed by atoms with Crippen LogP contribution in [0.15, 0.2) is 23.2 Å². The number of benzene rings is 1. The van der Waals surface area contributed by atoms with E-state index in [0.29, 0.717) is 18.2 Å². The van der Waals surface area contributed by atoms with Crippen molar-refractivity contribution in [3.63, 3.8) is 0 Å². The van der Waals surface area contributed by atoms with Crippen LogP contribution in [0.5, 0.6) is 11.5 Å². The molecule has 0 amide bonds. The lowest BCUT2D eigenvalue weighted by Crippen LogP contribution is -2.39. The first-order chi connectivity index (χ1) is 10.6. The molecule has 0 radical (unpaired) electrons. The summed E-state index contributed by atoms with van der Waals surface area (Å²) in [6.45, 7) is 8.72. The molecule has 0 spiro atoms. The predicted molar refractivity (Wildman–Crippen MR) is 107 cm³/mol. The summed E-state index contributed by atoms with van der Waals surface area (Å²) in [5.74, 6) is 2.09. The first-order valence-corrected chi connectivity index (χ1v) is 8.02. The van der Waals surface area contributed by atoms with E-state index < -0.39 is 0 Å². The Bertz CT molecular complexity index is 477. The Kier molecular flexibility index (Phi) is 11.6. The molecule has 0 heterocycles. The van der Waals surface area contributed by atoms with Crippen LogP contribution in [0, 0.1) is 5.92 Å². The molecule has 0 aliphatic rings. The summed E-state index contributed by atoms with van der Waals surface area (Å²) in [6.07, 6.45) is 2.32. The number of ether oxygens (including phenoxy) is 1. The normalized spacial score (nSPS) is 11.1. The van der Waals surface area contributed by atoms with Crippen molar-refractivity contribution >= 4 is 29.9 Å². The highest BCUT2D eigenvalue weighted by atomic mass is 127. The Morgan fingerprint density at radius 3 is 2.43 bits per heavy atom. The zero-order valence-corrected chi connectivity index (χ0v) is 16.9. The lowest BCUT2D eigenvalue weighted by atomic mass is 10.0. The van der Waals surface area contributed by atoms with E-state index in [0.717, 1.165) is 37.5 Å². The van der Waals surface area contributed by atoms with Crippen molar-refractivity contribution < 1.29 is 9.84 Å². The van der Waals surface area contributed by atoms with E-state index in [-0.39, 0.29) is 29.7 Å². The number of phenolic OH excluding ortho intramolecular Hbond substituents is 1. The van der Waals surface area contributed by atoms with Gasteiger partial charge in [0.05, 0.1) is 13.7 Å². The van der Waals surface area contributed by atoms with Crippen molar-refractivity contribution in [2.45, 2.75) is 40.2 Å². The van der Waals surface area contributed by atoms with Gasteiger partial charge in [0.1, 0.15) is 0 Å². The summed E-state index contributed by atoms with van der Waals surface area (Å²) in [5.41, 5.74) is 0.943. The average molecular weight is 435 g/mol. The van der Waals surface area contributed by atoms with Crippen LogP contribution in [0.1, 0.15) is 39.2 Å². The van der Waals surface area contributed by atoms with Crippen molar-refractivity contribution in [3.05, 3.63) is 23.8 Å². The van der Waals surface area contributed by atoms with Gasteiger partial charge in [0.15, 0.2) is 17.5 Å². The number of nitrogens with zero attached hydrogens (tertiary/aromatic N) is 1. The fourth-order valence-electron chi connectivity index (χ4n) is 2.16. The van der Waals surface area contributed by atoms with Crippen molar-refractivity contribution in [3.8, 4) is 11.5 Å². The molecular formula is C17H30IN3O2. The van der Waals surface area contributed by atoms with Gasteiger partial charge in [0.2, 0.25) is 0 Å². The molecule has 0 saturated heterocycles. The molecule has 1 rings (SSSR count). The van der Waals surface area contributed by atoms with Gasteiger partial charge in [-0.1, -0.05) is 32.8 Å². The molecule has 0 fully saturated rings. The summed E-state index contributed by atoms with van der Waals surface area (Å²) in [4.78, 5) is 4.56. The Morgan fingerprint density at radius 1 is 1.22 bits per heavy atom. The van der Waals surface area contributed by atoms with E-state index in [2.05, 4.69) is 29.5 Å². The summed E-state index contributed by atoms with van der Waals surface area (Å²) in [7, 11) is 1.54. The Morgan fingerprint density at radius 2 is 1.91 bits per heavy atom. The molecule has 3 N–H and O–H groups in total. The average Bonchev–Trinajstić information content (AvgIpc) is 2.53. The number of aliphatic imine (C=N–C) groups is 1. The van der Waals surface area contributed by atoms with Crippen molar-refractivity contribution in [1.29, 1.82) is 0 Å². The summed E-state index contributed by atoms with van der Waals surface area (Å²) in [5, 5.41) is 16.4. The highest BCUT2D eigenvalue weighted by Gasteiger charge is 2.06. The maximum Gasteiger partial charge on any atom is 0.191 e. The number of rotatable bonds is 8. The lowest BCUT2D eigenvalue weighted by Gasteiger charge is -2.16. The van der Waals surface area contributed by atoms with Crippen LogP contribution < -0.4 is 15.4 Å². The van der Waals surface area contributed by atoms with Crippen LogP contribution in [0.2, 0.25) is 0 Å². The van der Waals surface area contributed by atoms with Crippen LogP contribution >= 0.6 is 24.0 Å². The minimum absolute atomic E-state index is 0. The third kappa shape index (κ3) is 7.76. The van der Waals surface area contributed by atoms with E-state index in [9.17, 15) is 5.11 Å². The third-order valence-corrected chi connectivity index (χ3v) is 3.72. The zero-order chi connectivity index (χ0) is 16.4. The zero-order valence-electron chi connectivity index (χ0n) is 14.6. The minimum Gasteiger partial charge on any atom is -0.504 e. The molecule has 132 valence electrons. The van der Waals surface area contributed by atoms with E-state index >= 15 is 0 Å². The van der Waals surface area contributed by atoms with Crippen molar-refractivity contribution in [2.75, 3.05) is 20.2 Å². The summed E-state index contributed by atoms with van der Waals surface area (Å²) < 4.78 is 5.04. The van der Waals surface area contributed by atoms with Gasteiger partial charge in [-0.25, -0.2) is 4.99 Å². The van der Waals surface area contributed by atoms with Gasteiger partial charge in [0.25, 0.3) is 0 Å². The second-order valence-electron chi connectivity index (χ2n) is 5.26. The summed E-state index contributed by atoms with van der Waals surface area (Å²) >= 11 is 0. The molecule has 0 aliphatic carbocycles. The number of guanidine groups is 1. The lowest BCUT2D eigenvalue weighted by molar-refractivity contribution is 0.373. The summed E-state index contributed by atoms with van der Waals surface area (Å²) in [6, 6.07) is 5.35. The largest absolute Gasteiger partial charge is 0.504 e. The smallest absolute Gasteiger partial charge is 0.191 e. The van der Waals surface area contributed by atoms with Crippen LogP contribution in [0.25, 0.3) is 0 Å². The SMILES string of the molecule is CCNC(=NCc1ccc(OC)c(O)c1)NCC(CC)CC.I. The van der Waals surface area contributed by atoms with Gasteiger partial charge in [-0.05, 0) is 30.5 Å². The molecule has 0 aromatic heterocycles. The van der Waals surface area contributed by atoms with Gasteiger partial charge in [-0.3, -0.25) is 0 Å². The standard InChI is InChI=1S/C17H29N3O2.HI/c1-5-13(6-2)11-19-17(18-7-3)20-12-14-8-9-16(22-4)15(21)10-14;/h8-10,13,21H,5-7,11-12H2,1-4H3,(H2,18,19,20);1H. The number of aromatic hydroxyl groups is 1. The number of methoxy groups -OCH3 is 1. The first-order valence-electron chi connectivity index (χ1n) is 8.02. The van der Waals surface area contributed by atoms with E-state index in [1.165, 1.54) is 7.11 Å². The van der Waals surface area contributed by atoms with Crippen LogP contribution in [0.3, 0.4) is 0 Å². The highest BCUT2D eigenvalue weighted by Crippen LogP contribution is 2.26. The van der Waals surface area contributed by atoms with Gasteiger partial charge >= 0.3 is 0 Å². The Balaban J connectivity index is 0.00000484. The number of hydrogen-bond donors (Lipinski definition) is 3. The molecule has 1 aromatic carbocycles. The maximum absolute atomic E-state index is 9.80. The van der Waals surface area contributed by atoms with Crippen molar-refractivity contribution in [2.24, 2.45) is 10.9 Å². The fraction of sp³-hybridized carbons (Fsp3) is 0.588. The molecule has 0 atom stereocenters. The van der Waals surface area contributed by atoms with Gasteiger partial charge in [-0.15, -0.1) is 24.0 Å². The molecule has 0 aliphatic heterocycles. The fourth-order valence-corrected chi connectivity index (χ4v) is 2.16. The maximum atomic E-state index is 9.80. The molecule has 1 aromatic rings. The van der Waals surface area contributed by atoms with Crippen LogP contribution in [-0.2, 0) is 6.54 Å². The van der Waals surface area contributed by atoms with E-state index in [4.69, 9.17) is 4.74 Å². The van der Waals surface area contributed by atoms with Crippen LogP contribution in [-0.4, -0.2) is 31.3 Å². The monoisotopic (exact) mass is 435 g/mol. The third-order valence-electron chi connectivity index (χ3n) is 3.72. The second kappa shape index (κ2) is 12.3. The Hall–Kier alpha value is -1.18. The minimum atomic E-state index is 0. The first kappa shape index (κ1) is 21.8. The topological polar surface area (TPSA) is 65.9 Å². The van der Waals surface area contributed by atoms with E-state index in [1.54, 1.807) is 12.1 Å². The molecule has 0 unspecified atom stereocenters. The number of phenols is 1. The second-order valence-corrected chi connectivity index (χ2v) is 5.26. The molecule has 6 heteroatoms. The molecule has 5 nitrogen and oxygen atoms in total. The molecular weight excluding hydrogens is 405 g/mol. The van der Waals surface area contributed by atoms with Crippen molar-refractivity contribution in [1.82, 2.24) is 10.6 Å². The van der Waals surface area contributed by atoms with Gasteiger partial charge < -0.3 is 20.5 Å². The van der Waals surface area contributed by atoms with Crippen LogP contribution in [0.4, 0.5) is 0 Å². The molecule has 23 heavy (non-hydrogen) atoms. The quantitative estimate of drug-likeness (QED) is 0.332. The number of nitrogens with one attached hydrogen (secondary N) is 2. The Labute approximate surface area is 156 Å². The van der Waals surface area contributed by atoms with Gasteiger partial charge in [-0.2, -0.15) is 0 Å². The number of halogens is 1. The molecule has 0 saturated carbocycles. The predicted octanol–water partition coefficient (Wildman–Crippen LogP) is 3.51. The van der Waals surface area contributed by atoms with E-state index in [1.807, 2.05) is 13.0 Å². The van der Waals surface area contributed by atoms with Gasteiger partial charge in [0, 0.05) is 13.1 Å². The molecule has 0 bridgehead atoms.